The quantitative estimate of drug-likeness (QED) is 0.792. The summed E-state index contributed by atoms with van der Waals surface area (Å²) in [5.74, 6) is -1.18. The van der Waals surface area contributed by atoms with Gasteiger partial charge in [-0.15, -0.1) is 0 Å². The van der Waals surface area contributed by atoms with Crippen molar-refractivity contribution in [2.75, 3.05) is 0 Å². The van der Waals surface area contributed by atoms with Crippen molar-refractivity contribution in [2.45, 2.75) is 45.1 Å². The first-order chi connectivity index (χ1) is 9.77. The number of hydrogen-bond acceptors (Lipinski definition) is 4. The summed E-state index contributed by atoms with van der Waals surface area (Å²) in [6.07, 6.45) is 0.543. The molecule has 6 nitrogen and oxygen atoms in total. The summed E-state index contributed by atoms with van der Waals surface area (Å²) in [4.78, 5) is 39.2. The molecule has 3 amide bonds. The van der Waals surface area contributed by atoms with E-state index in [9.17, 15) is 14.4 Å². The van der Waals surface area contributed by atoms with Gasteiger partial charge >= 0.3 is 0 Å². The molecular formula is C15H19N3O3. The van der Waals surface area contributed by atoms with Crippen LogP contribution >= 0.6 is 0 Å². The fraction of sp³-hybridized carbons (Fsp3) is 0.467. The molecule has 2 heterocycles. The summed E-state index contributed by atoms with van der Waals surface area (Å²) in [7, 11) is 0. The Morgan fingerprint density at radius 2 is 2.05 bits per heavy atom. The highest BCUT2D eigenvalue weighted by Crippen LogP contribution is 2.19. The van der Waals surface area contributed by atoms with E-state index in [1.165, 1.54) is 0 Å². The van der Waals surface area contributed by atoms with Crippen molar-refractivity contribution in [3.8, 4) is 0 Å². The number of carbonyl (C=O) groups excluding carboxylic acids is 3. The van der Waals surface area contributed by atoms with Crippen LogP contribution in [0, 0.1) is 0 Å². The first-order valence-electron chi connectivity index (χ1n) is 6.89. The highest BCUT2D eigenvalue weighted by atomic mass is 16.2. The first-order valence-corrected chi connectivity index (χ1v) is 6.89. The van der Waals surface area contributed by atoms with Crippen LogP contribution in [0.15, 0.2) is 18.2 Å². The zero-order valence-electron chi connectivity index (χ0n) is 12.4. The second kappa shape index (κ2) is 5.63. The molecule has 21 heavy (non-hydrogen) atoms. The first kappa shape index (κ1) is 15.2. The van der Waals surface area contributed by atoms with Gasteiger partial charge in [0.25, 0.3) is 5.91 Å². The van der Waals surface area contributed by atoms with Crippen LogP contribution in [0.4, 0.5) is 0 Å². The molecule has 1 aliphatic heterocycles. The number of nitrogens with zero attached hydrogens (tertiary/aromatic N) is 1. The van der Waals surface area contributed by atoms with Crippen LogP contribution in [-0.4, -0.2) is 28.7 Å². The van der Waals surface area contributed by atoms with Gasteiger partial charge in [0.05, 0.1) is 0 Å². The number of nitrogens with one attached hydrogen (secondary N) is 2. The minimum atomic E-state index is -0.685. The van der Waals surface area contributed by atoms with Gasteiger partial charge in [0, 0.05) is 17.5 Å². The SMILES string of the molecule is CC(C)(C)c1cccc(C(=O)NC2CCC(=O)NC2=O)n1. The summed E-state index contributed by atoms with van der Waals surface area (Å²) in [6, 6.07) is 4.56. The second-order valence-electron chi connectivity index (χ2n) is 6.14. The number of pyridine rings is 1. The van der Waals surface area contributed by atoms with Gasteiger partial charge in [0.2, 0.25) is 11.8 Å². The molecule has 2 rings (SSSR count). The van der Waals surface area contributed by atoms with Gasteiger partial charge in [0.15, 0.2) is 0 Å². The van der Waals surface area contributed by atoms with E-state index in [1.54, 1.807) is 12.1 Å². The number of piperidine rings is 1. The summed E-state index contributed by atoms with van der Waals surface area (Å²) in [5.41, 5.74) is 0.913. The van der Waals surface area contributed by atoms with E-state index in [0.717, 1.165) is 5.69 Å². The molecule has 2 N–H and O–H groups in total. The number of aromatic nitrogens is 1. The van der Waals surface area contributed by atoms with Crippen molar-refractivity contribution >= 4 is 17.7 Å². The Morgan fingerprint density at radius 3 is 2.67 bits per heavy atom. The van der Waals surface area contributed by atoms with Crippen LogP contribution < -0.4 is 10.6 Å². The third-order valence-electron chi connectivity index (χ3n) is 3.29. The highest BCUT2D eigenvalue weighted by Gasteiger charge is 2.28. The number of carbonyl (C=O) groups is 3. The molecule has 1 aromatic heterocycles. The zero-order valence-corrected chi connectivity index (χ0v) is 12.4. The van der Waals surface area contributed by atoms with E-state index in [0.29, 0.717) is 6.42 Å². The van der Waals surface area contributed by atoms with Crippen LogP contribution in [0.1, 0.15) is 49.8 Å². The molecule has 1 atom stereocenters. The molecular weight excluding hydrogens is 270 g/mol. The van der Waals surface area contributed by atoms with Gasteiger partial charge in [0.1, 0.15) is 11.7 Å². The lowest BCUT2D eigenvalue weighted by Gasteiger charge is -2.22. The van der Waals surface area contributed by atoms with Crippen LogP contribution in [0.3, 0.4) is 0 Å². The fourth-order valence-corrected chi connectivity index (χ4v) is 2.04. The van der Waals surface area contributed by atoms with Gasteiger partial charge in [-0.25, -0.2) is 4.98 Å². The van der Waals surface area contributed by atoms with E-state index >= 15 is 0 Å². The molecule has 0 saturated carbocycles. The van der Waals surface area contributed by atoms with Gasteiger partial charge in [-0.3, -0.25) is 19.7 Å². The largest absolute Gasteiger partial charge is 0.339 e. The summed E-state index contributed by atoms with van der Waals surface area (Å²) < 4.78 is 0. The lowest BCUT2D eigenvalue weighted by atomic mass is 9.91. The lowest BCUT2D eigenvalue weighted by molar-refractivity contribution is -0.134. The van der Waals surface area contributed by atoms with Crippen LogP contribution in [0.5, 0.6) is 0 Å². The molecule has 0 aliphatic carbocycles. The minimum Gasteiger partial charge on any atom is -0.339 e. The van der Waals surface area contributed by atoms with Crippen molar-refractivity contribution in [2.24, 2.45) is 0 Å². The van der Waals surface area contributed by atoms with E-state index in [2.05, 4.69) is 15.6 Å². The molecule has 6 heteroatoms. The standard InChI is InChI=1S/C15H19N3O3/c1-15(2,3)11-6-4-5-9(16-11)13(20)17-10-7-8-12(19)18-14(10)21/h4-6,10H,7-8H2,1-3H3,(H,17,20)(H,18,19,21). The van der Waals surface area contributed by atoms with E-state index < -0.39 is 17.9 Å². The van der Waals surface area contributed by atoms with E-state index in [4.69, 9.17) is 0 Å². The molecule has 1 saturated heterocycles. The van der Waals surface area contributed by atoms with Crippen molar-refractivity contribution < 1.29 is 14.4 Å². The minimum absolute atomic E-state index is 0.162. The molecule has 0 radical (unpaired) electrons. The van der Waals surface area contributed by atoms with Gasteiger partial charge in [-0.05, 0) is 18.6 Å². The molecule has 1 aromatic rings. The topological polar surface area (TPSA) is 88.2 Å². The summed E-state index contributed by atoms with van der Waals surface area (Å²) in [6.45, 7) is 6.03. The number of imide groups is 1. The predicted molar refractivity (Wildman–Crippen MR) is 76.6 cm³/mol. The molecule has 1 fully saturated rings. The third kappa shape index (κ3) is 3.65. The zero-order chi connectivity index (χ0) is 15.6. The van der Waals surface area contributed by atoms with E-state index in [-0.39, 0.29) is 23.4 Å². The lowest BCUT2D eigenvalue weighted by Crippen LogP contribution is -2.52. The molecule has 1 aliphatic rings. The highest BCUT2D eigenvalue weighted by molar-refractivity contribution is 6.03. The van der Waals surface area contributed by atoms with Crippen molar-refractivity contribution in [3.05, 3.63) is 29.6 Å². The fourth-order valence-electron chi connectivity index (χ4n) is 2.04. The Kier molecular flexibility index (Phi) is 4.06. The normalized spacial score (nSPS) is 19.1. The summed E-state index contributed by atoms with van der Waals surface area (Å²) in [5, 5.41) is 4.83. The molecule has 0 spiro atoms. The Morgan fingerprint density at radius 1 is 1.33 bits per heavy atom. The maximum atomic E-state index is 12.2. The van der Waals surface area contributed by atoms with Crippen LogP contribution in [0.2, 0.25) is 0 Å². The second-order valence-corrected chi connectivity index (χ2v) is 6.14. The molecule has 0 aromatic carbocycles. The Bertz CT molecular complexity index is 590. The maximum Gasteiger partial charge on any atom is 0.270 e. The smallest absolute Gasteiger partial charge is 0.270 e. The van der Waals surface area contributed by atoms with Gasteiger partial charge < -0.3 is 5.32 Å². The van der Waals surface area contributed by atoms with Crippen LogP contribution in [-0.2, 0) is 15.0 Å². The molecule has 1 unspecified atom stereocenters. The van der Waals surface area contributed by atoms with Crippen molar-refractivity contribution in [1.29, 1.82) is 0 Å². The van der Waals surface area contributed by atoms with Crippen molar-refractivity contribution in [3.63, 3.8) is 0 Å². The molecule has 0 bridgehead atoms. The number of rotatable bonds is 2. The Labute approximate surface area is 123 Å². The van der Waals surface area contributed by atoms with E-state index in [1.807, 2.05) is 26.8 Å². The predicted octanol–water partition coefficient (Wildman–Crippen LogP) is 0.914. The van der Waals surface area contributed by atoms with Crippen molar-refractivity contribution in [1.82, 2.24) is 15.6 Å². The van der Waals surface area contributed by atoms with Crippen LogP contribution in [0.25, 0.3) is 0 Å². The monoisotopic (exact) mass is 289 g/mol. The molecule has 112 valence electrons. The van der Waals surface area contributed by atoms with Gasteiger partial charge in [-0.2, -0.15) is 0 Å². The average Bonchev–Trinajstić information content (AvgIpc) is 2.41. The average molecular weight is 289 g/mol. The Balaban J connectivity index is 2.10. The Hall–Kier alpha value is -2.24. The summed E-state index contributed by atoms with van der Waals surface area (Å²) >= 11 is 0. The van der Waals surface area contributed by atoms with Gasteiger partial charge in [-0.1, -0.05) is 26.8 Å². The third-order valence-corrected chi connectivity index (χ3v) is 3.29. The number of amides is 3. The maximum absolute atomic E-state index is 12.2. The number of hydrogen-bond donors (Lipinski definition) is 2.